The Labute approximate surface area is 109 Å². The van der Waals surface area contributed by atoms with Gasteiger partial charge in [-0.15, -0.1) is 6.58 Å². The van der Waals surface area contributed by atoms with Crippen LogP contribution in [0.5, 0.6) is 0 Å². The highest BCUT2D eigenvalue weighted by atomic mass is 16.6. The molecule has 0 heterocycles. The van der Waals surface area contributed by atoms with Crippen LogP contribution in [-0.4, -0.2) is 24.0 Å². The van der Waals surface area contributed by atoms with Crippen molar-refractivity contribution in [3.63, 3.8) is 0 Å². The van der Waals surface area contributed by atoms with E-state index in [0.29, 0.717) is 5.92 Å². The first-order chi connectivity index (χ1) is 8.25. The third kappa shape index (κ3) is 4.17. The highest BCUT2D eigenvalue weighted by Crippen LogP contribution is 2.37. The van der Waals surface area contributed by atoms with Crippen LogP contribution in [0.1, 0.15) is 40.5 Å². The molecule has 4 nitrogen and oxygen atoms in total. The Hall–Kier alpha value is -1.32. The van der Waals surface area contributed by atoms with Gasteiger partial charge in [0.1, 0.15) is 6.10 Å². The molecule has 0 aliphatic heterocycles. The Morgan fingerprint density at radius 2 is 2.11 bits per heavy atom. The van der Waals surface area contributed by atoms with Crippen molar-refractivity contribution in [3.05, 3.63) is 12.7 Å². The molecule has 1 rings (SSSR count). The van der Waals surface area contributed by atoms with Gasteiger partial charge in [-0.25, -0.2) is 4.79 Å². The molecule has 1 saturated carbocycles. The lowest BCUT2D eigenvalue weighted by molar-refractivity contribution is -0.121. The highest BCUT2D eigenvalue weighted by Gasteiger charge is 2.40. The molecule has 0 aromatic heterocycles. The summed E-state index contributed by atoms with van der Waals surface area (Å²) in [6.45, 7) is 10.9. The minimum absolute atomic E-state index is 0.0180. The van der Waals surface area contributed by atoms with Gasteiger partial charge in [-0.2, -0.15) is 0 Å². The van der Waals surface area contributed by atoms with Crippen molar-refractivity contribution >= 4 is 11.9 Å². The molecule has 0 saturated heterocycles. The first-order valence-electron chi connectivity index (χ1n) is 6.34. The third-order valence-electron chi connectivity index (χ3n) is 3.12. The highest BCUT2D eigenvalue weighted by molar-refractivity contribution is 5.86. The number of alkyl carbamates (subject to hydrolysis) is 1. The predicted molar refractivity (Wildman–Crippen MR) is 70.2 cm³/mol. The smallest absolute Gasteiger partial charge is 0.408 e. The maximum Gasteiger partial charge on any atom is 0.408 e. The summed E-state index contributed by atoms with van der Waals surface area (Å²) < 4.78 is 5.25. The van der Waals surface area contributed by atoms with Gasteiger partial charge in [-0.3, -0.25) is 4.79 Å². The molecule has 0 radical (unpaired) electrons. The molecule has 0 aromatic carbocycles. The fourth-order valence-corrected chi connectivity index (χ4v) is 2.04. The Balaban J connectivity index is 2.44. The fraction of sp³-hybridized carbons (Fsp3) is 0.714. The number of ether oxygens (including phenoxy) is 1. The maximum absolute atomic E-state index is 11.7. The van der Waals surface area contributed by atoms with Gasteiger partial charge < -0.3 is 10.1 Å². The molecule has 102 valence electrons. The standard InChI is InChI=1S/C14H23NO3/c1-6-7-10-8-11(10)18-13(17)15-12(9(2)16)14(3,4)5/h6,10-12H,1,7-8H2,2-5H3,(H,15,17). The van der Waals surface area contributed by atoms with Crippen molar-refractivity contribution in [3.8, 4) is 0 Å². The van der Waals surface area contributed by atoms with Crippen molar-refractivity contribution in [1.82, 2.24) is 5.32 Å². The van der Waals surface area contributed by atoms with E-state index in [9.17, 15) is 9.59 Å². The van der Waals surface area contributed by atoms with Gasteiger partial charge in [0, 0.05) is 5.92 Å². The van der Waals surface area contributed by atoms with Crippen LogP contribution in [0.2, 0.25) is 0 Å². The van der Waals surface area contributed by atoms with Gasteiger partial charge in [0.25, 0.3) is 0 Å². The number of hydrogen-bond donors (Lipinski definition) is 1. The van der Waals surface area contributed by atoms with Crippen LogP contribution in [0, 0.1) is 11.3 Å². The number of hydrogen-bond acceptors (Lipinski definition) is 3. The second-order valence-electron chi connectivity index (χ2n) is 6.02. The number of amides is 1. The molecule has 1 aliphatic carbocycles. The monoisotopic (exact) mass is 253 g/mol. The molecule has 1 aliphatic rings. The Kier molecular flexibility index (Phi) is 4.54. The molecule has 3 atom stereocenters. The van der Waals surface area contributed by atoms with Crippen LogP contribution >= 0.6 is 0 Å². The molecule has 0 bridgehead atoms. The molecule has 0 aromatic rings. The molecule has 4 heteroatoms. The van der Waals surface area contributed by atoms with Gasteiger partial charge in [-0.05, 0) is 25.2 Å². The van der Waals surface area contributed by atoms with Crippen LogP contribution in [0.25, 0.3) is 0 Å². The summed E-state index contributed by atoms with van der Waals surface area (Å²) >= 11 is 0. The second-order valence-corrected chi connectivity index (χ2v) is 6.02. The van der Waals surface area contributed by atoms with Crippen LogP contribution in [0.4, 0.5) is 4.79 Å². The van der Waals surface area contributed by atoms with E-state index in [1.54, 1.807) is 0 Å². The zero-order valence-corrected chi connectivity index (χ0v) is 11.7. The summed E-state index contributed by atoms with van der Waals surface area (Å²) in [5, 5.41) is 2.65. The number of carbonyl (C=O) groups is 2. The number of nitrogens with one attached hydrogen (secondary N) is 1. The number of Topliss-reactive ketones (excluding diaryl/α,β-unsaturated/α-hetero) is 1. The van der Waals surface area contributed by atoms with Gasteiger partial charge in [0.15, 0.2) is 5.78 Å². The lowest BCUT2D eigenvalue weighted by atomic mass is 9.85. The van der Waals surface area contributed by atoms with Crippen molar-refractivity contribution in [2.45, 2.75) is 52.7 Å². The summed E-state index contributed by atoms with van der Waals surface area (Å²) in [5.41, 5.74) is -0.311. The summed E-state index contributed by atoms with van der Waals surface area (Å²) in [4.78, 5) is 23.2. The van der Waals surface area contributed by atoms with E-state index in [4.69, 9.17) is 4.74 Å². The lowest BCUT2D eigenvalue weighted by Crippen LogP contribution is -2.48. The first-order valence-corrected chi connectivity index (χ1v) is 6.34. The Bertz CT molecular complexity index is 343. The third-order valence-corrected chi connectivity index (χ3v) is 3.12. The van der Waals surface area contributed by atoms with E-state index in [2.05, 4.69) is 11.9 Å². The van der Waals surface area contributed by atoms with Crippen molar-refractivity contribution < 1.29 is 14.3 Å². The lowest BCUT2D eigenvalue weighted by Gasteiger charge is -2.28. The van der Waals surface area contributed by atoms with Gasteiger partial charge >= 0.3 is 6.09 Å². The quantitative estimate of drug-likeness (QED) is 0.766. The molecular weight excluding hydrogens is 230 g/mol. The number of carbonyl (C=O) groups excluding carboxylic acids is 2. The number of allylic oxidation sites excluding steroid dienone is 1. The van der Waals surface area contributed by atoms with Crippen LogP contribution in [-0.2, 0) is 9.53 Å². The van der Waals surface area contributed by atoms with Crippen molar-refractivity contribution in [2.24, 2.45) is 11.3 Å². The maximum atomic E-state index is 11.7. The van der Waals surface area contributed by atoms with E-state index in [1.165, 1.54) is 6.92 Å². The van der Waals surface area contributed by atoms with Crippen LogP contribution < -0.4 is 5.32 Å². The fourth-order valence-electron chi connectivity index (χ4n) is 2.04. The molecule has 0 spiro atoms. The van der Waals surface area contributed by atoms with E-state index in [-0.39, 0.29) is 17.3 Å². The van der Waals surface area contributed by atoms with E-state index in [1.807, 2.05) is 26.8 Å². The zero-order chi connectivity index (χ0) is 13.9. The summed E-state index contributed by atoms with van der Waals surface area (Å²) in [7, 11) is 0. The van der Waals surface area contributed by atoms with E-state index >= 15 is 0 Å². The van der Waals surface area contributed by atoms with Crippen molar-refractivity contribution in [2.75, 3.05) is 0 Å². The average Bonchev–Trinajstić information content (AvgIpc) is 2.91. The van der Waals surface area contributed by atoms with Crippen LogP contribution in [0.15, 0.2) is 12.7 Å². The zero-order valence-electron chi connectivity index (χ0n) is 11.7. The molecule has 1 amide bonds. The Morgan fingerprint density at radius 3 is 2.56 bits per heavy atom. The predicted octanol–water partition coefficient (Wildman–Crippen LogP) is 2.68. The molecule has 3 unspecified atom stereocenters. The number of ketones is 1. The summed E-state index contributed by atoms with van der Waals surface area (Å²) in [6.07, 6.45) is 3.07. The molecule has 18 heavy (non-hydrogen) atoms. The first kappa shape index (κ1) is 14.7. The van der Waals surface area contributed by atoms with E-state index in [0.717, 1.165) is 12.8 Å². The average molecular weight is 253 g/mol. The molecule has 1 fully saturated rings. The van der Waals surface area contributed by atoms with Crippen molar-refractivity contribution in [1.29, 1.82) is 0 Å². The van der Waals surface area contributed by atoms with Gasteiger partial charge in [0.2, 0.25) is 0 Å². The molecular formula is C14H23NO3. The normalized spacial score (nSPS) is 24.0. The van der Waals surface area contributed by atoms with E-state index < -0.39 is 12.1 Å². The molecule has 1 N–H and O–H groups in total. The summed E-state index contributed by atoms with van der Waals surface area (Å²) in [5.74, 6) is 0.344. The minimum atomic E-state index is -0.512. The van der Waals surface area contributed by atoms with Crippen LogP contribution in [0.3, 0.4) is 0 Å². The van der Waals surface area contributed by atoms with Gasteiger partial charge in [-0.1, -0.05) is 26.8 Å². The summed E-state index contributed by atoms with van der Waals surface area (Å²) in [6, 6.07) is -0.512. The second kappa shape index (κ2) is 5.55. The topological polar surface area (TPSA) is 55.4 Å². The Morgan fingerprint density at radius 1 is 1.50 bits per heavy atom. The minimum Gasteiger partial charge on any atom is -0.446 e. The van der Waals surface area contributed by atoms with Gasteiger partial charge in [0.05, 0.1) is 6.04 Å². The largest absolute Gasteiger partial charge is 0.446 e. The SMILES string of the molecule is C=CCC1CC1OC(=O)NC(C(C)=O)C(C)(C)C. The number of rotatable bonds is 5.